The first-order valence-electron chi connectivity index (χ1n) is 8.88. The SMILES string of the molecule is Cc1ccc(C(=O)CCC(=O)NCc2nc(-c3ccc(F)cc3)no2)cc1C. The van der Waals surface area contributed by atoms with E-state index in [0.29, 0.717) is 17.0 Å². The molecule has 0 atom stereocenters. The lowest BCUT2D eigenvalue weighted by Gasteiger charge is -2.05. The van der Waals surface area contributed by atoms with Gasteiger partial charge in [-0.25, -0.2) is 4.39 Å². The summed E-state index contributed by atoms with van der Waals surface area (Å²) in [4.78, 5) is 28.4. The highest BCUT2D eigenvalue weighted by Gasteiger charge is 2.12. The molecule has 0 fully saturated rings. The summed E-state index contributed by atoms with van der Waals surface area (Å²) >= 11 is 0. The van der Waals surface area contributed by atoms with Crippen LogP contribution >= 0.6 is 0 Å². The third kappa shape index (κ3) is 4.88. The van der Waals surface area contributed by atoms with Crippen LogP contribution in [0.3, 0.4) is 0 Å². The topological polar surface area (TPSA) is 85.1 Å². The lowest BCUT2D eigenvalue weighted by Crippen LogP contribution is -2.23. The van der Waals surface area contributed by atoms with Gasteiger partial charge in [0.05, 0.1) is 6.54 Å². The zero-order valence-corrected chi connectivity index (χ0v) is 15.7. The molecule has 1 N–H and O–H groups in total. The highest BCUT2D eigenvalue weighted by Crippen LogP contribution is 2.16. The Morgan fingerprint density at radius 3 is 2.50 bits per heavy atom. The van der Waals surface area contributed by atoms with Gasteiger partial charge >= 0.3 is 0 Å². The fourth-order valence-corrected chi connectivity index (χ4v) is 2.59. The molecule has 1 aromatic heterocycles. The highest BCUT2D eigenvalue weighted by atomic mass is 19.1. The number of ketones is 1. The number of amides is 1. The standard InChI is InChI=1S/C21H20FN3O3/c1-13-3-4-16(11-14(13)2)18(26)9-10-19(27)23-12-20-24-21(25-28-20)15-5-7-17(22)8-6-15/h3-8,11H,9-10,12H2,1-2H3,(H,23,27). The van der Waals surface area contributed by atoms with Crippen molar-refractivity contribution in [2.45, 2.75) is 33.2 Å². The lowest BCUT2D eigenvalue weighted by atomic mass is 10.0. The first-order valence-corrected chi connectivity index (χ1v) is 8.88. The van der Waals surface area contributed by atoms with Crippen molar-refractivity contribution in [1.82, 2.24) is 15.5 Å². The van der Waals surface area contributed by atoms with Crippen LogP contribution in [0.15, 0.2) is 47.0 Å². The van der Waals surface area contributed by atoms with Crippen LogP contribution in [0.2, 0.25) is 0 Å². The lowest BCUT2D eigenvalue weighted by molar-refractivity contribution is -0.121. The second kappa shape index (κ2) is 8.56. The Morgan fingerprint density at radius 1 is 1.04 bits per heavy atom. The fourth-order valence-electron chi connectivity index (χ4n) is 2.59. The van der Waals surface area contributed by atoms with Gasteiger partial charge in [-0.3, -0.25) is 9.59 Å². The van der Waals surface area contributed by atoms with Gasteiger partial charge in [-0.2, -0.15) is 4.98 Å². The fraction of sp³-hybridized carbons (Fsp3) is 0.238. The first-order chi connectivity index (χ1) is 13.4. The molecule has 0 bridgehead atoms. The molecular weight excluding hydrogens is 361 g/mol. The van der Waals surface area contributed by atoms with Crippen LogP contribution < -0.4 is 5.32 Å². The normalized spacial score (nSPS) is 10.7. The van der Waals surface area contributed by atoms with E-state index >= 15 is 0 Å². The maximum atomic E-state index is 13.0. The number of nitrogens with zero attached hydrogens (tertiary/aromatic N) is 2. The monoisotopic (exact) mass is 381 g/mol. The van der Waals surface area contributed by atoms with Gasteiger partial charge in [0.2, 0.25) is 17.6 Å². The largest absolute Gasteiger partial charge is 0.347 e. The molecule has 3 rings (SSSR count). The van der Waals surface area contributed by atoms with Crippen LogP contribution in [-0.2, 0) is 11.3 Å². The summed E-state index contributed by atoms with van der Waals surface area (Å²) in [5.74, 6) is -0.161. The number of carbonyl (C=O) groups is 2. The summed E-state index contributed by atoms with van der Waals surface area (Å²) in [6, 6.07) is 11.2. The molecule has 0 spiro atoms. The minimum Gasteiger partial charge on any atom is -0.347 e. The number of hydrogen-bond donors (Lipinski definition) is 1. The number of benzene rings is 2. The molecule has 0 saturated heterocycles. The van der Waals surface area contributed by atoms with Gasteiger partial charge in [-0.1, -0.05) is 17.3 Å². The molecule has 0 unspecified atom stereocenters. The molecule has 1 amide bonds. The predicted molar refractivity (Wildman–Crippen MR) is 101 cm³/mol. The maximum absolute atomic E-state index is 13.0. The Kier molecular flexibility index (Phi) is 5.93. The zero-order chi connectivity index (χ0) is 20.1. The van der Waals surface area contributed by atoms with E-state index in [0.717, 1.165) is 11.1 Å². The third-order valence-corrected chi connectivity index (χ3v) is 4.42. The maximum Gasteiger partial charge on any atom is 0.246 e. The molecule has 7 heteroatoms. The molecule has 0 aliphatic rings. The third-order valence-electron chi connectivity index (χ3n) is 4.42. The molecule has 0 saturated carbocycles. The Morgan fingerprint density at radius 2 is 1.79 bits per heavy atom. The van der Waals surface area contributed by atoms with E-state index < -0.39 is 0 Å². The van der Waals surface area contributed by atoms with Crippen molar-refractivity contribution < 1.29 is 18.5 Å². The van der Waals surface area contributed by atoms with Crippen molar-refractivity contribution >= 4 is 11.7 Å². The molecule has 3 aromatic rings. The van der Waals surface area contributed by atoms with Crippen LogP contribution in [0.4, 0.5) is 4.39 Å². The Bertz CT molecular complexity index is 996. The molecule has 0 aliphatic heterocycles. The van der Waals surface area contributed by atoms with Gasteiger partial charge in [-0.05, 0) is 55.3 Å². The average molecular weight is 381 g/mol. The number of hydrogen-bond acceptors (Lipinski definition) is 5. The first kappa shape index (κ1) is 19.4. The van der Waals surface area contributed by atoms with Crippen molar-refractivity contribution in [2.24, 2.45) is 0 Å². The van der Waals surface area contributed by atoms with Gasteiger partial charge in [0, 0.05) is 24.0 Å². The van der Waals surface area contributed by atoms with E-state index in [1.54, 1.807) is 18.2 Å². The predicted octanol–water partition coefficient (Wildman–Crippen LogP) is 3.77. The van der Waals surface area contributed by atoms with E-state index in [1.165, 1.54) is 12.1 Å². The van der Waals surface area contributed by atoms with E-state index in [2.05, 4.69) is 15.5 Å². The summed E-state index contributed by atoms with van der Waals surface area (Å²) in [5, 5.41) is 6.46. The van der Waals surface area contributed by atoms with E-state index in [-0.39, 0.29) is 42.8 Å². The van der Waals surface area contributed by atoms with Gasteiger partial charge < -0.3 is 9.84 Å². The van der Waals surface area contributed by atoms with Gasteiger partial charge in [0.15, 0.2) is 5.78 Å². The molecule has 0 aliphatic carbocycles. The smallest absolute Gasteiger partial charge is 0.246 e. The number of nitrogens with one attached hydrogen (secondary N) is 1. The molecule has 2 aromatic carbocycles. The summed E-state index contributed by atoms with van der Waals surface area (Å²) in [5.41, 5.74) is 3.39. The average Bonchev–Trinajstić information content (AvgIpc) is 3.16. The van der Waals surface area contributed by atoms with Gasteiger partial charge in [0.25, 0.3) is 0 Å². The van der Waals surface area contributed by atoms with E-state index in [4.69, 9.17) is 4.52 Å². The summed E-state index contributed by atoms with van der Waals surface area (Å²) in [7, 11) is 0. The van der Waals surface area contributed by atoms with Crippen molar-refractivity contribution in [3.8, 4) is 11.4 Å². The zero-order valence-electron chi connectivity index (χ0n) is 15.7. The molecule has 6 nitrogen and oxygen atoms in total. The summed E-state index contributed by atoms with van der Waals surface area (Å²) in [6.45, 7) is 3.99. The molecule has 28 heavy (non-hydrogen) atoms. The number of aromatic nitrogens is 2. The second-order valence-corrected chi connectivity index (χ2v) is 6.52. The van der Waals surface area contributed by atoms with Crippen LogP contribution in [0.25, 0.3) is 11.4 Å². The quantitative estimate of drug-likeness (QED) is 0.630. The second-order valence-electron chi connectivity index (χ2n) is 6.52. The molecule has 144 valence electrons. The Labute approximate surface area is 161 Å². The van der Waals surface area contributed by atoms with Crippen molar-refractivity contribution in [2.75, 3.05) is 0 Å². The number of rotatable bonds is 7. The van der Waals surface area contributed by atoms with Gasteiger partial charge in [-0.15, -0.1) is 0 Å². The van der Waals surface area contributed by atoms with Crippen molar-refractivity contribution in [3.05, 3.63) is 70.9 Å². The Balaban J connectivity index is 1.48. The van der Waals surface area contributed by atoms with Crippen LogP contribution in [0, 0.1) is 19.7 Å². The number of aryl methyl sites for hydroxylation is 2. The van der Waals surface area contributed by atoms with E-state index in [9.17, 15) is 14.0 Å². The highest BCUT2D eigenvalue weighted by molar-refractivity contribution is 5.98. The minimum absolute atomic E-state index is 0.0604. The number of carbonyl (C=O) groups excluding carboxylic acids is 2. The summed E-state index contributed by atoms with van der Waals surface area (Å²) in [6.07, 6.45) is 0.198. The Hall–Kier alpha value is -3.35. The van der Waals surface area contributed by atoms with Gasteiger partial charge in [0.1, 0.15) is 5.82 Å². The van der Waals surface area contributed by atoms with Crippen LogP contribution in [0.1, 0.15) is 40.2 Å². The minimum atomic E-state index is -0.352. The van der Waals surface area contributed by atoms with Crippen LogP contribution in [-0.4, -0.2) is 21.8 Å². The molecule has 1 heterocycles. The van der Waals surface area contributed by atoms with E-state index in [1.807, 2.05) is 26.0 Å². The number of Topliss-reactive ketones (excluding diaryl/α,β-unsaturated/α-hetero) is 1. The van der Waals surface area contributed by atoms with Crippen LogP contribution in [0.5, 0.6) is 0 Å². The number of halogens is 1. The van der Waals surface area contributed by atoms with Crippen molar-refractivity contribution in [3.63, 3.8) is 0 Å². The summed E-state index contributed by atoms with van der Waals surface area (Å²) < 4.78 is 18.0. The molecule has 0 radical (unpaired) electrons. The van der Waals surface area contributed by atoms with Crippen molar-refractivity contribution in [1.29, 1.82) is 0 Å². The molecular formula is C21H20FN3O3.